The van der Waals surface area contributed by atoms with E-state index in [0.717, 1.165) is 29.2 Å². The maximum absolute atomic E-state index is 15.1. The number of hydrogen-bond donors (Lipinski definition) is 1. The van der Waals surface area contributed by atoms with Gasteiger partial charge in [-0.2, -0.15) is 0 Å². The summed E-state index contributed by atoms with van der Waals surface area (Å²) in [5.41, 5.74) is 5.44. The lowest BCUT2D eigenvalue weighted by Gasteiger charge is -2.33. The first-order valence-corrected chi connectivity index (χ1v) is 6.47. The minimum atomic E-state index is -1.23. The Morgan fingerprint density at radius 1 is 1.22 bits per heavy atom. The summed E-state index contributed by atoms with van der Waals surface area (Å²) >= 11 is 0. The zero-order chi connectivity index (χ0) is 12.6. The molecule has 2 nitrogen and oxygen atoms in total. The van der Waals surface area contributed by atoms with E-state index in [-0.39, 0.29) is 6.04 Å². The van der Waals surface area contributed by atoms with Crippen LogP contribution in [0.2, 0.25) is 0 Å². The smallest absolute Gasteiger partial charge is 0.136 e. The summed E-state index contributed by atoms with van der Waals surface area (Å²) in [7, 11) is 0. The molecule has 18 heavy (non-hydrogen) atoms. The molecule has 1 aliphatic rings. The van der Waals surface area contributed by atoms with Gasteiger partial charge in [0.2, 0.25) is 0 Å². The summed E-state index contributed by atoms with van der Waals surface area (Å²) in [6, 6.07) is 7.85. The Morgan fingerprint density at radius 2 is 2.00 bits per heavy atom. The zero-order valence-corrected chi connectivity index (χ0v) is 10.3. The van der Waals surface area contributed by atoms with E-state index in [1.165, 1.54) is 0 Å². The summed E-state index contributed by atoms with van der Waals surface area (Å²) in [5, 5.41) is 1.98. The number of nitrogens with two attached hydrogens (primary N) is 1. The Morgan fingerprint density at radius 3 is 2.78 bits per heavy atom. The second-order valence-electron chi connectivity index (χ2n) is 5.21. The van der Waals surface area contributed by atoms with Gasteiger partial charge in [-0.3, -0.25) is 4.98 Å². The third-order valence-electron chi connectivity index (χ3n) is 3.99. The molecule has 0 saturated heterocycles. The first kappa shape index (κ1) is 11.6. The molecule has 94 valence electrons. The van der Waals surface area contributed by atoms with E-state index >= 15 is 4.39 Å². The van der Waals surface area contributed by atoms with Gasteiger partial charge in [-0.15, -0.1) is 0 Å². The predicted molar refractivity (Wildman–Crippen MR) is 71.0 cm³/mol. The first-order valence-electron chi connectivity index (χ1n) is 6.47. The van der Waals surface area contributed by atoms with E-state index in [1.807, 2.05) is 24.3 Å². The highest BCUT2D eigenvalue weighted by atomic mass is 19.1. The minimum absolute atomic E-state index is 0.158. The molecule has 1 aromatic carbocycles. The molecule has 0 atom stereocenters. The van der Waals surface area contributed by atoms with Crippen molar-refractivity contribution in [3.8, 4) is 0 Å². The number of hydrogen-bond acceptors (Lipinski definition) is 2. The highest BCUT2D eigenvalue weighted by molar-refractivity contribution is 5.85. The van der Waals surface area contributed by atoms with E-state index in [1.54, 1.807) is 12.4 Å². The van der Waals surface area contributed by atoms with Crippen molar-refractivity contribution in [3.63, 3.8) is 0 Å². The molecule has 1 saturated carbocycles. The fourth-order valence-electron chi connectivity index (χ4n) is 2.88. The summed E-state index contributed by atoms with van der Waals surface area (Å²) in [5.74, 6) is 0. The van der Waals surface area contributed by atoms with Crippen molar-refractivity contribution in [2.75, 3.05) is 0 Å². The number of aromatic nitrogens is 1. The Hall–Kier alpha value is -1.48. The maximum atomic E-state index is 15.1. The van der Waals surface area contributed by atoms with Crippen molar-refractivity contribution < 1.29 is 4.39 Å². The predicted octanol–water partition coefficient (Wildman–Crippen LogP) is 3.30. The van der Waals surface area contributed by atoms with Crippen LogP contribution in [0.25, 0.3) is 10.8 Å². The van der Waals surface area contributed by atoms with E-state index in [0.29, 0.717) is 12.8 Å². The molecule has 1 aliphatic carbocycles. The van der Waals surface area contributed by atoms with Gasteiger partial charge >= 0.3 is 0 Å². The van der Waals surface area contributed by atoms with Crippen LogP contribution in [0.15, 0.2) is 36.7 Å². The summed E-state index contributed by atoms with van der Waals surface area (Å²) < 4.78 is 15.1. The number of fused-ring (bicyclic) bond motifs is 1. The normalized spacial score (nSPS) is 28.4. The van der Waals surface area contributed by atoms with E-state index < -0.39 is 5.67 Å². The molecule has 2 aromatic rings. The fourth-order valence-corrected chi connectivity index (χ4v) is 2.88. The molecular formula is C15H17FN2. The molecule has 0 unspecified atom stereocenters. The lowest BCUT2D eigenvalue weighted by atomic mass is 9.78. The third-order valence-corrected chi connectivity index (χ3v) is 3.99. The Labute approximate surface area is 106 Å². The second-order valence-corrected chi connectivity index (χ2v) is 5.21. The SMILES string of the molecule is NC1CCC(F)(c2cccc3cnccc23)CC1. The van der Waals surface area contributed by atoms with Crippen LogP contribution in [0.3, 0.4) is 0 Å². The van der Waals surface area contributed by atoms with Gasteiger partial charge in [0.05, 0.1) is 0 Å². The molecule has 0 amide bonds. The lowest BCUT2D eigenvalue weighted by Crippen LogP contribution is -2.34. The molecule has 1 heterocycles. The number of rotatable bonds is 1. The van der Waals surface area contributed by atoms with Crippen molar-refractivity contribution >= 4 is 10.8 Å². The Kier molecular flexibility index (Phi) is 2.78. The van der Waals surface area contributed by atoms with Gasteiger partial charge in [-0.1, -0.05) is 18.2 Å². The maximum Gasteiger partial charge on any atom is 0.136 e. The molecule has 2 N–H and O–H groups in total. The van der Waals surface area contributed by atoms with Crippen LogP contribution in [0.5, 0.6) is 0 Å². The quantitative estimate of drug-likeness (QED) is 0.836. The topological polar surface area (TPSA) is 38.9 Å². The van der Waals surface area contributed by atoms with Gasteiger partial charge in [-0.05, 0) is 42.7 Å². The van der Waals surface area contributed by atoms with Crippen molar-refractivity contribution in [2.24, 2.45) is 5.73 Å². The van der Waals surface area contributed by atoms with Gasteiger partial charge < -0.3 is 5.73 Å². The number of nitrogens with zero attached hydrogens (tertiary/aromatic N) is 1. The molecule has 1 aromatic heterocycles. The molecule has 3 heteroatoms. The molecular weight excluding hydrogens is 227 g/mol. The van der Waals surface area contributed by atoms with Crippen LogP contribution < -0.4 is 5.73 Å². The van der Waals surface area contributed by atoms with Crippen LogP contribution in [-0.4, -0.2) is 11.0 Å². The Bertz CT molecular complexity index is 554. The minimum Gasteiger partial charge on any atom is -0.328 e. The molecule has 0 bridgehead atoms. The average Bonchev–Trinajstić information content (AvgIpc) is 2.42. The fraction of sp³-hybridized carbons (Fsp3) is 0.400. The van der Waals surface area contributed by atoms with Crippen LogP contribution in [-0.2, 0) is 5.67 Å². The van der Waals surface area contributed by atoms with E-state index in [9.17, 15) is 0 Å². The summed E-state index contributed by atoms with van der Waals surface area (Å²) in [6.45, 7) is 0. The molecule has 1 fully saturated rings. The van der Waals surface area contributed by atoms with Gasteiger partial charge in [-0.25, -0.2) is 4.39 Å². The van der Waals surface area contributed by atoms with Gasteiger partial charge in [0.25, 0.3) is 0 Å². The summed E-state index contributed by atoms with van der Waals surface area (Å²) in [6.07, 6.45) is 6.08. The van der Waals surface area contributed by atoms with Crippen molar-refractivity contribution in [2.45, 2.75) is 37.4 Å². The van der Waals surface area contributed by atoms with Crippen molar-refractivity contribution in [3.05, 3.63) is 42.2 Å². The molecule has 3 rings (SSSR count). The number of halogens is 1. The highest BCUT2D eigenvalue weighted by Crippen LogP contribution is 2.42. The van der Waals surface area contributed by atoms with E-state index in [2.05, 4.69) is 4.98 Å². The van der Waals surface area contributed by atoms with Gasteiger partial charge in [0.1, 0.15) is 5.67 Å². The highest BCUT2D eigenvalue weighted by Gasteiger charge is 2.36. The standard InChI is InChI=1S/C15H17FN2/c16-15(7-4-12(17)5-8-15)14-3-1-2-11-10-18-9-6-13(11)14/h1-3,6,9-10,12H,4-5,7-8,17H2. The number of benzene rings is 1. The van der Waals surface area contributed by atoms with Crippen molar-refractivity contribution in [1.82, 2.24) is 4.98 Å². The van der Waals surface area contributed by atoms with Crippen LogP contribution in [0.1, 0.15) is 31.2 Å². The van der Waals surface area contributed by atoms with Crippen LogP contribution in [0.4, 0.5) is 4.39 Å². The second kappa shape index (κ2) is 4.32. The molecule has 0 aliphatic heterocycles. The lowest BCUT2D eigenvalue weighted by molar-refractivity contribution is 0.0996. The first-order chi connectivity index (χ1) is 8.69. The molecule has 0 spiro atoms. The Balaban J connectivity index is 2.08. The monoisotopic (exact) mass is 244 g/mol. The van der Waals surface area contributed by atoms with Gasteiger partial charge in [0.15, 0.2) is 0 Å². The van der Waals surface area contributed by atoms with Crippen LogP contribution in [0, 0.1) is 0 Å². The summed E-state index contributed by atoms with van der Waals surface area (Å²) in [4.78, 5) is 4.09. The number of pyridine rings is 1. The largest absolute Gasteiger partial charge is 0.328 e. The molecule has 0 radical (unpaired) electrons. The van der Waals surface area contributed by atoms with Crippen molar-refractivity contribution in [1.29, 1.82) is 0 Å². The van der Waals surface area contributed by atoms with E-state index in [4.69, 9.17) is 5.73 Å². The number of alkyl halides is 1. The zero-order valence-electron chi connectivity index (χ0n) is 10.3. The van der Waals surface area contributed by atoms with Crippen LogP contribution >= 0.6 is 0 Å². The average molecular weight is 244 g/mol. The third kappa shape index (κ3) is 1.89. The van der Waals surface area contributed by atoms with Gasteiger partial charge in [0, 0.05) is 23.8 Å².